The number of carbonyl (C=O) groups is 2. The molecule has 0 bridgehead atoms. The van der Waals surface area contributed by atoms with Gasteiger partial charge in [0.05, 0.1) is 12.5 Å². The van der Waals surface area contributed by atoms with Crippen LogP contribution in [0.3, 0.4) is 0 Å². The van der Waals surface area contributed by atoms with E-state index in [2.05, 4.69) is 5.32 Å². The van der Waals surface area contributed by atoms with Crippen molar-refractivity contribution in [2.45, 2.75) is 52.7 Å². The second-order valence-electron chi connectivity index (χ2n) is 5.21. The number of rotatable bonds is 4. The molecule has 0 radical (unpaired) electrons. The number of carboxylic acids is 1. The molecule has 0 fully saturated rings. The van der Waals surface area contributed by atoms with Gasteiger partial charge in [-0.3, -0.25) is 4.79 Å². The van der Waals surface area contributed by atoms with Crippen LogP contribution in [0.2, 0.25) is 0 Å². The molecule has 0 saturated heterocycles. The van der Waals surface area contributed by atoms with Gasteiger partial charge in [0.1, 0.15) is 5.60 Å². The van der Waals surface area contributed by atoms with Crippen molar-refractivity contribution >= 4 is 12.1 Å². The van der Waals surface area contributed by atoms with Gasteiger partial charge in [0.2, 0.25) is 0 Å². The quantitative estimate of drug-likeness (QED) is 0.887. The van der Waals surface area contributed by atoms with Crippen LogP contribution < -0.4 is 5.32 Å². The molecule has 5 nitrogen and oxygen atoms in total. The van der Waals surface area contributed by atoms with Crippen molar-refractivity contribution in [3.63, 3.8) is 0 Å². The molecular formula is C16H25NO4. The molecule has 0 aliphatic rings. The van der Waals surface area contributed by atoms with Crippen LogP contribution in [0, 0.1) is 0 Å². The fraction of sp³-hybridized carbons (Fsp3) is 0.500. The molecular weight excluding hydrogens is 270 g/mol. The minimum atomic E-state index is -0.982. The number of benzene rings is 1. The number of carbonyl (C=O) groups excluding carboxylic acids is 1. The Morgan fingerprint density at radius 3 is 2.14 bits per heavy atom. The SMILES string of the molecule is CC.CC(C)(C)OC(=O)NC(CC(=O)O)c1ccccc1. The second kappa shape index (κ2) is 9.00. The van der Waals surface area contributed by atoms with Crippen LogP contribution in [0.25, 0.3) is 0 Å². The highest BCUT2D eigenvalue weighted by Crippen LogP contribution is 2.17. The molecule has 0 aromatic heterocycles. The largest absolute Gasteiger partial charge is 0.481 e. The first-order valence-corrected chi connectivity index (χ1v) is 7.04. The summed E-state index contributed by atoms with van der Waals surface area (Å²) >= 11 is 0. The van der Waals surface area contributed by atoms with Crippen LogP contribution in [-0.4, -0.2) is 22.8 Å². The van der Waals surface area contributed by atoms with Gasteiger partial charge in [-0.05, 0) is 26.3 Å². The molecule has 5 heteroatoms. The Kier molecular flexibility index (Phi) is 8.12. The standard InChI is InChI=1S/C14H19NO4.C2H6/c1-14(2,3)19-13(18)15-11(9-12(16)17)10-7-5-4-6-8-10;1-2/h4-8,11H,9H2,1-3H3,(H,15,18)(H,16,17);1-2H3. The van der Waals surface area contributed by atoms with Crippen LogP contribution >= 0.6 is 0 Å². The van der Waals surface area contributed by atoms with E-state index in [4.69, 9.17) is 9.84 Å². The van der Waals surface area contributed by atoms with E-state index >= 15 is 0 Å². The first kappa shape index (κ1) is 19.0. The lowest BCUT2D eigenvalue weighted by Gasteiger charge is -2.23. The Bertz CT molecular complexity index is 437. The molecule has 1 amide bonds. The summed E-state index contributed by atoms with van der Waals surface area (Å²) in [6.07, 6.45) is -0.814. The number of hydrogen-bond donors (Lipinski definition) is 2. The van der Waals surface area contributed by atoms with Crippen molar-refractivity contribution in [2.24, 2.45) is 0 Å². The van der Waals surface area contributed by atoms with Gasteiger partial charge < -0.3 is 15.2 Å². The van der Waals surface area contributed by atoms with E-state index in [1.54, 1.807) is 45.0 Å². The predicted molar refractivity (Wildman–Crippen MR) is 82.2 cm³/mol. The lowest BCUT2D eigenvalue weighted by Crippen LogP contribution is -2.35. The Morgan fingerprint density at radius 2 is 1.71 bits per heavy atom. The van der Waals surface area contributed by atoms with Crippen LogP contribution in [-0.2, 0) is 9.53 Å². The van der Waals surface area contributed by atoms with E-state index in [0.29, 0.717) is 0 Å². The third-order valence-electron chi connectivity index (χ3n) is 2.27. The van der Waals surface area contributed by atoms with Crippen LogP contribution in [0.15, 0.2) is 30.3 Å². The van der Waals surface area contributed by atoms with Gasteiger partial charge in [0.15, 0.2) is 0 Å². The zero-order valence-electron chi connectivity index (χ0n) is 13.3. The lowest BCUT2D eigenvalue weighted by atomic mass is 10.0. The smallest absolute Gasteiger partial charge is 0.408 e. The van der Waals surface area contributed by atoms with Gasteiger partial charge in [-0.1, -0.05) is 44.2 Å². The van der Waals surface area contributed by atoms with Crippen molar-refractivity contribution < 1.29 is 19.4 Å². The number of hydrogen-bond acceptors (Lipinski definition) is 3. The maximum absolute atomic E-state index is 11.7. The summed E-state index contributed by atoms with van der Waals surface area (Å²) in [5.74, 6) is -0.982. The zero-order chi connectivity index (χ0) is 16.5. The molecule has 1 aromatic rings. The summed E-state index contributed by atoms with van der Waals surface area (Å²) in [6.45, 7) is 9.25. The first-order valence-electron chi connectivity index (χ1n) is 7.04. The van der Waals surface area contributed by atoms with Gasteiger partial charge in [-0.2, -0.15) is 0 Å². The molecule has 0 spiro atoms. The van der Waals surface area contributed by atoms with Crippen LogP contribution in [0.4, 0.5) is 4.79 Å². The third-order valence-corrected chi connectivity index (χ3v) is 2.27. The summed E-state index contributed by atoms with van der Waals surface area (Å²) in [7, 11) is 0. The molecule has 1 rings (SSSR count). The lowest BCUT2D eigenvalue weighted by molar-refractivity contribution is -0.137. The van der Waals surface area contributed by atoms with Crippen LogP contribution in [0.5, 0.6) is 0 Å². The van der Waals surface area contributed by atoms with Crippen molar-refractivity contribution in [1.82, 2.24) is 5.32 Å². The van der Waals surface area contributed by atoms with E-state index in [1.165, 1.54) is 0 Å². The Balaban J connectivity index is 0.00000191. The summed E-state index contributed by atoms with van der Waals surface area (Å²) in [5, 5.41) is 11.5. The van der Waals surface area contributed by atoms with Crippen LogP contribution in [0.1, 0.15) is 52.6 Å². The Morgan fingerprint density at radius 1 is 1.19 bits per heavy atom. The minimum Gasteiger partial charge on any atom is -0.481 e. The Hall–Kier alpha value is -2.04. The van der Waals surface area contributed by atoms with Crippen molar-refractivity contribution in [3.8, 4) is 0 Å². The van der Waals surface area contributed by atoms with E-state index in [-0.39, 0.29) is 6.42 Å². The van der Waals surface area contributed by atoms with E-state index < -0.39 is 23.7 Å². The summed E-state index contributed by atoms with van der Waals surface area (Å²) in [4.78, 5) is 22.6. The molecule has 2 N–H and O–H groups in total. The topological polar surface area (TPSA) is 75.6 Å². The number of carboxylic acid groups (broad SMARTS) is 1. The van der Waals surface area contributed by atoms with Gasteiger partial charge in [0.25, 0.3) is 0 Å². The molecule has 1 unspecified atom stereocenters. The van der Waals surface area contributed by atoms with Gasteiger partial charge in [0, 0.05) is 0 Å². The molecule has 1 atom stereocenters. The highest BCUT2D eigenvalue weighted by Gasteiger charge is 2.22. The fourth-order valence-electron chi connectivity index (χ4n) is 1.56. The highest BCUT2D eigenvalue weighted by molar-refractivity contribution is 5.72. The summed E-state index contributed by atoms with van der Waals surface area (Å²) in [5.41, 5.74) is 0.116. The molecule has 21 heavy (non-hydrogen) atoms. The van der Waals surface area contributed by atoms with Crippen molar-refractivity contribution in [3.05, 3.63) is 35.9 Å². The zero-order valence-corrected chi connectivity index (χ0v) is 13.3. The number of alkyl carbamates (subject to hydrolysis) is 1. The monoisotopic (exact) mass is 295 g/mol. The Labute approximate surface area is 126 Å². The summed E-state index contributed by atoms with van der Waals surface area (Å²) < 4.78 is 5.13. The average molecular weight is 295 g/mol. The number of amides is 1. The van der Waals surface area contributed by atoms with Gasteiger partial charge in [-0.15, -0.1) is 0 Å². The number of nitrogens with one attached hydrogen (secondary N) is 1. The number of ether oxygens (including phenoxy) is 1. The molecule has 118 valence electrons. The summed E-state index contributed by atoms with van der Waals surface area (Å²) in [6, 6.07) is 8.35. The highest BCUT2D eigenvalue weighted by atomic mass is 16.6. The third kappa shape index (κ3) is 8.68. The molecule has 0 aliphatic carbocycles. The molecule has 0 aliphatic heterocycles. The molecule has 1 aromatic carbocycles. The molecule has 0 saturated carbocycles. The first-order chi connectivity index (χ1) is 9.78. The van der Waals surface area contributed by atoms with Crippen molar-refractivity contribution in [1.29, 1.82) is 0 Å². The number of aliphatic carboxylic acids is 1. The van der Waals surface area contributed by atoms with Crippen molar-refractivity contribution in [2.75, 3.05) is 0 Å². The fourth-order valence-corrected chi connectivity index (χ4v) is 1.56. The maximum atomic E-state index is 11.7. The van der Waals surface area contributed by atoms with E-state index in [0.717, 1.165) is 5.56 Å². The predicted octanol–water partition coefficient (Wildman–Crippen LogP) is 3.75. The average Bonchev–Trinajstić information content (AvgIpc) is 2.38. The minimum absolute atomic E-state index is 0.191. The maximum Gasteiger partial charge on any atom is 0.408 e. The normalized spacial score (nSPS) is 11.7. The van der Waals surface area contributed by atoms with Gasteiger partial charge >= 0.3 is 12.1 Å². The second-order valence-corrected chi connectivity index (χ2v) is 5.21. The van der Waals surface area contributed by atoms with Gasteiger partial charge in [-0.25, -0.2) is 4.79 Å². The van der Waals surface area contributed by atoms with E-state index in [9.17, 15) is 9.59 Å². The molecule has 0 heterocycles. The van der Waals surface area contributed by atoms with E-state index in [1.807, 2.05) is 19.9 Å².